The second kappa shape index (κ2) is 6.41. The summed E-state index contributed by atoms with van der Waals surface area (Å²) < 4.78 is 0. The maximum absolute atomic E-state index is 12.0. The standard InChI is InChI=1S/C15H20N2O2S/c1-3-15(2,19)10-16-13(18)12-9-20-14(17-12)11-7-5-4-6-8-11/h4-8,12,19H,3,9-10H2,1-2H3,(H,16,18). The highest BCUT2D eigenvalue weighted by Gasteiger charge is 2.27. The predicted molar refractivity (Wildman–Crippen MR) is 83.1 cm³/mol. The average molecular weight is 292 g/mol. The van der Waals surface area contributed by atoms with Crippen molar-refractivity contribution < 1.29 is 9.90 Å². The van der Waals surface area contributed by atoms with E-state index in [1.807, 2.05) is 37.3 Å². The zero-order chi connectivity index (χ0) is 14.6. The van der Waals surface area contributed by atoms with Crippen LogP contribution in [0.3, 0.4) is 0 Å². The van der Waals surface area contributed by atoms with Crippen LogP contribution in [0, 0.1) is 0 Å². The summed E-state index contributed by atoms with van der Waals surface area (Å²) in [5, 5.41) is 13.6. The van der Waals surface area contributed by atoms with Crippen LogP contribution in [0.15, 0.2) is 35.3 Å². The number of thioether (sulfide) groups is 1. The third-order valence-corrected chi connectivity index (χ3v) is 4.48. The van der Waals surface area contributed by atoms with Gasteiger partial charge in [0, 0.05) is 17.9 Å². The van der Waals surface area contributed by atoms with E-state index in [1.54, 1.807) is 18.7 Å². The third-order valence-electron chi connectivity index (χ3n) is 3.38. The minimum atomic E-state index is -0.854. The molecule has 1 amide bonds. The summed E-state index contributed by atoms with van der Waals surface area (Å²) in [5.41, 5.74) is 0.196. The van der Waals surface area contributed by atoms with E-state index in [0.29, 0.717) is 12.2 Å². The fourth-order valence-corrected chi connectivity index (χ4v) is 2.81. The number of aliphatic imine (C=N–C) groups is 1. The lowest BCUT2D eigenvalue weighted by molar-refractivity contribution is -0.122. The highest BCUT2D eigenvalue weighted by Crippen LogP contribution is 2.23. The minimum absolute atomic E-state index is 0.114. The van der Waals surface area contributed by atoms with Crippen LogP contribution in [0.1, 0.15) is 25.8 Å². The molecule has 0 spiro atoms. The molecule has 2 rings (SSSR count). The van der Waals surface area contributed by atoms with E-state index in [4.69, 9.17) is 0 Å². The molecule has 20 heavy (non-hydrogen) atoms. The topological polar surface area (TPSA) is 61.7 Å². The van der Waals surface area contributed by atoms with Crippen LogP contribution in [0.25, 0.3) is 0 Å². The molecule has 1 aliphatic heterocycles. The van der Waals surface area contributed by atoms with Crippen LogP contribution in [0.5, 0.6) is 0 Å². The van der Waals surface area contributed by atoms with E-state index in [-0.39, 0.29) is 18.5 Å². The predicted octanol–water partition coefficient (Wildman–Crippen LogP) is 1.83. The van der Waals surface area contributed by atoms with Crippen molar-refractivity contribution in [2.24, 2.45) is 4.99 Å². The largest absolute Gasteiger partial charge is 0.388 e. The number of hydrogen-bond acceptors (Lipinski definition) is 4. The molecule has 0 saturated carbocycles. The van der Waals surface area contributed by atoms with Gasteiger partial charge in [-0.05, 0) is 13.3 Å². The first kappa shape index (κ1) is 15.1. The summed E-state index contributed by atoms with van der Waals surface area (Å²) in [6.07, 6.45) is 0.602. The molecule has 0 radical (unpaired) electrons. The van der Waals surface area contributed by atoms with Crippen LogP contribution in [-0.4, -0.2) is 40.0 Å². The van der Waals surface area contributed by atoms with Gasteiger partial charge in [-0.3, -0.25) is 9.79 Å². The van der Waals surface area contributed by atoms with Gasteiger partial charge in [-0.25, -0.2) is 0 Å². The SMILES string of the molecule is CCC(C)(O)CNC(=O)C1CSC(c2ccccc2)=N1. The van der Waals surface area contributed by atoms with Crippen molar-refractivity contribution in [3.8, 4) is 0 Å². The molecule has 1 aromatic rings. The van der Waals surface area contributed by atoms with Crippen LogP contribution < -0.4 is 5.32 Å². The highest BCUT2D eigenvalue weighted by atomic mass is 32.2. The van der Waals surface area contributed by atoms with E-state index >= 15 is 0 Å². The van der Waals surface area contributed by atoms with Crippen LogP contribution in [0.2, 0.25) is 0 Å². The summed E-state index contributed by atoms with van der Waals surface area (Å²) in [4.78, 5) is 16.5. The lowest BCUT2D eigenvalue weighted by Crippen LogP contribution is -2.43. The molecular weight excluding hydrogens is 272 g/mol. The molecule has 2 unspecified atom stereocenters. The Labute approximate surface area is 123 Å². The summed E-state index contributed by atoms with van der Waals surface area (Å²) in [6.45, 7) is 3.87. The van der Waals surface area contributed by atoms with E-state index < -0.39 is 5.60 Å². The van der Waals surface area contributed by atoms with Crippen molar-refractivity contribution in [3.05, 3.63) is 35.9 Å². The van der Waals surface area contributed by atoms with E-state index in [1.165, 1.54) is 0 Å². The van der Waals surface area contributed by atoms with Crippen LogP contribution in [0.4, 0.5) is 0 Å². The Morgan fingerprint density at radius 3 is 2.85 bits per heavy atom. The zero-order valence-electron chi connectivity index (χ0n) is 11.8. The van der Waals surface area contributed by atoms with Crippen molar-refractivity contribution in [3.63, 3.8) is 0 Å². The Morgan fingerprint density at radius 2 is 2.20 bits per heavy atom. The summed E-state index contributed by atoms with van der Waals surface area (Å²) in [6, 6.07) is 9.51. The fraction of sp³-hybridized carbons (Fsp3) is 0.467. The summed E-state index contributed by atoms with van der Waals surface area (Å²) in [5.74, 6) is 0.543. The van der Waals surface area contributed by atoms with E-state index in [2.05, 4.69) is 10.3 Å². The van der Waals surface area contributed by atoms with Crippen LogP contribution in [-0.2, 0) is 4.79 Å². The molecule has 0 saturated heterocycles. The first-order valence-electron chi connectivity index (χ1n) is 6.78. The number of benzene rings is 1. The Morgan fingerprint density at radius 1 is 1.50 bits per heavy atom. The number of rotatable bonds is 5. The average Bonchev–Trinajstić information content (AvgIpc) is 2.96. The molecule has 5 heteroatoms. The number of amides is 1. The Balaban J connectivity index is 1.95. The highest BCUT2D eigenvalue weighted by molar-refractivity contribution is 8.14. The maximum Gasteiger partial charge on any atom is 0.245 e. The van der Waals surface area contributed by atoms with Gasteiger partial charge in [-0.2, -0.15) is 0 Å². The second-order valence-electron chi connectivity index (χ2n) is 5.20. The molecule has 1 aromatic carbocycles. The first-order valence-corrected chi connectivity index (χ1v) is 7.76. The van der Waals surface area contributed by atoms with E-state index in [9.17, 15) is 9.90 Å². The molecule has 0 bridgehead atoms. The molecule has 1 aliphatic rings. The van der Waals surface area contributed by atoms with Gasteiger partial charge in [0.25, 0.3) is 0 Å². The van der Waals surface area contributed by atoms with Crippen molar-refractivity contribution in [2.45, 2.75) is 31.9 Å². The zero-order valence-corrected chi connectivity index (χ0v) is 12.6. The Hall–Kier alpha value is -1.33. The Bertz CT molecular complexity index is 500. The fourth-order valence-electron chi connectivity index (χ4n) is 1.77. The molecule has 1 heterocycles. The summed E-state index contributed by atoms with van der Waals surface area (Å²) >= 11 is 1.60. The third kappa shape index (κ3) is 3.84. The van der Waals surface area contributed by atoms with Crippen LogP contribution >= 0.6 is 11.8 Å². The first-order chi connectivity index (χ1) is 9.52. The molecule has 2 N–H and O–H groups in total. The minimum Gasteiger partial charge on any atom is -0.388 e. The van der Waals surface area contributed by atoms with Gasteiger partial charge in [0.2, 0.25) is 5.91 Å². The monoisotopic (exact) mass is 292 g/mol. The van der Waals surface area contributed by atoms with E-state index in [0.717, 1.165) is 10.6 Å². The molecule has 108 valence electrons. The van der Waals surface area contributed by atoms with Gasteiger partial charge in [0.05, 0.1) is 10.6 Å². The number of carbonyl (C=O) groups excluding carboxylic acids is 1. The number of carbonyl (C=O) groups is 1. The molecule has 0 aromatic heterocycles. The molecule has 2 atom stereocenters. The number of hydrogen-bond donors (Lipinski definition) is 2. The number of aliphatic hydroxyl groups is 1. The van der Waals surface area contributed by atoms with Gasteiger partial charge in [-0.15, -0.1) is 11.8 Å². The molecule has 4 nitrogen and oxygen atoms in total. The molecular formula is C15H20N2O2S. The van der Waals surface area contributed by atoms with Crippen molar-refractivity contribution in [1.82, 2.24) is 5.32 Å². The number of nitrogens with zero attached hydrogens (tertiary/aromatic N) is 1. The lowest BCUT2D eigenvalue weighted by atomic mass is 10.0. The second-order valence-corrected chi connectivity index (χ2v) is 6.20. The number of nitrogens with one attached hydrogen (secondary N) is 1. The van der Waals surface area contributed by atoms with Gasteiger partial charge >= 0.3 is 0 Å². The van der Waals surface area contributed by atoms with Crippen molar-refractivity contribution in [2.75, 3.05) is 12.3 Å². The normalized spacial score (nSPS) is 21.1. The smallest absolute Gasteiger partial charge is 0.245 e. The quantitative estimate of drug-likeness (QED) is 0.870. The van der Waals surface area contributed by atoms with Gasteiger partial charge in [0.15, 0.2) is 0 Å². The Kier molecular flexibility index (Phi) is 4.83. The van der Waals surface area contributed by atoms with Gasteiger partial charge in [-0.1, -0.05) is 37.3 Å². The molecule has 0 fully saturated rings. The van der Waals surface area contributed by atoms with Crippen molar-refractivity contribution >= 4 is 22.7 Å². The van der Waals surface area contributed by atoms with Gasteiger partial charge < -0.3 is 10.4 Å². The molecule has 0 aliphatic carbocycles. The lowest BCUT2D eigenvalue weighted by Gasteiger charge is -2.22. The maximum atomic E-state index is 12.0. The van der Waals surface area contributed by atoms with Crippen molar-refractivity contribution in [1.29, 1.82) is 0 Å². The summed E-state index contributed by atoms with van der Waals surface area (Å²) in [7, 11) is 0. The van der Waals surface area contributed by atoms with Gasteiger partial charge in [0.1, 0.15) is 6.04 Å².